The van der Waals surface area contributed by atoms with E-state index in [4.69, 9.17) is 14.2 Å². The Balaban J connectivity index is 1.64. The molecule has 0 aliphatic carbocycles. The number of nitrogens with one attached hydrogen (secondary N) is 2. The molecule has 32 heavy (non-hydrogen) atoms. The van der Waals surface area contributed by atoms with E-state index in [0.717, 1.165) is 24.1 Å². The molecule has 1 aliphatic heterocycles. The topological polar surface area (TPSA) is 81.7 Å². The summed E-state index contributed by atoms with van der Waals surface area (Å²) in [6.07, 6.45) is 2.64. The smallest absolute Gasteiger partial charge is 0.228 e. The molecule has 0 unspecified atom stereocenters. The zero-order chi connectivity index (χ0) is 22.7. The van der Waals surface area contributed by atoms with Gasteiger partial charge in [0.2, 0.25) is 5.91 Å². The number of thiazole rings is 1. The van der Waals surface area contributed by atoms with Crippen LogP contribution in [-0.2, 0) is 16.8 Å². The predicted octanol–water partition coefficient (Wildman–Crippen LogP) is 4.48. The second kappa shape index (κ2) is 9.13. The van der Waals surface area contributed by atoms with Gasteiger partial charge in [0.1, 0.15) is 5.75 Å². The Morgan fingerprint density at radius 2 is 2.03 bits per heavy atom. The first-order valence-corrected chi connectivity index (χ1v) is 11.0. The molecule has 0 fully saturated rings. The first kappa shape index (κ1) is 22.0. The zero-order valence-electron chi connectivity index (χ0n) is 18.0. The van der Waals surface area contributed by atoms with E-state index in [9.17, 15) is 9.18 Å². The average molecular weight is 458 g/mol. The summed E-state index contributed by atoms with van der Waals surface area (Å²) < 4.78 is 30.6. The fourth-order valence-corrected chi connectivity index (χ4v) is 4.44. The van der Waals surface area contributed by atoms with Crippen molar-refractivity contribution in [3.8, 4) is 23.0 Å². The number of methoxy groups -OCH3 is 2. The van der Waals surface area contributed by atoms with Gasteiger partial charge in [-0.05, 0) is 48.7 Å². The number of amides is 1. The van der Waals surface area contributed by atoms with E-state index in [2.05, 4.69) is 15.6 Å². The van der Waals surface area contributed by atoms with Crippen molar-refractivity contribution >= 4 is 22.4 Å². The third kappa shape index (κ3) is 4.53. The van der Waals surface area contributed by atoms with Gasteiger partial charge in [0.25, 0.3) is 0 Å². The Labute approximate surface area is 189 Å². The highest BCUT2D eigenvalue weighted by Gasteiger charge is 2.35. The van der Waals surface area contributed by atoms with E-state index in [1.54, 1.807) is 19.4 Å². The monoisotopic (exact) mass is 457 g/mol. The largest absolute Gasteiger partial charge is 0.494 e. The number of rotatable bonds is 7. The molecule has 0 radical (unpaired) electrons. The van der Waals surface area contributed by atoms with Crippen molar-refractivity contribution in [2.75, 3.05) is 26.1 Å². The highest BCUT2D eigenvalue weighted by atomic mass is 32.1. The molecule has 0 saturated heterocycles. The van der Waals surface area contributed by atoms with Crippen molar-refractivity contribution in [1.82, 2.24) is 10.3 Å². The van der Waals surface area contributed by atoms with E-state index in [1.165, 1.54) is 30.6 Å². The predicted molar refractivity (Wildman–Crippen MR) is 120 cm³/mol. The minimum absolute atomic E-state index is 0.137. The van der Waals surface area contributed by atoms with Crippen LogP contribution in [0.15, 0.2) is 41.9 Å². The fraction of sp³-hybridized carbons (Fsp3) is 0.304. The molecule has 2 heterocycles. The van der Waals surface area contributed by atoms with Gasteiger partial charge in [-0.25, -0.2) is 9.37 Å². The number of hydrogen-bond acceptors (Lipinski definition) is 7. The first-order valence-electron chi connectivity index (χ1n) is 10.1. The summed E-state index contributed by atoms with van der Waals surface area (Å²) >= 11 is 1.37. The molecule has 0 spiro atoms. The first-order chi connectivity index (χ1) is 15.4. The third-order valence-electron chi connectivity index (χ3n) is 5.44. The molecule has 4 rings (SSSR count). The van der Waals surface area contributed by atoms with Crippen molar-refractivity contribution in [2.45, 2.75) is 25.3 Å². The maximum absolute atomic E-state index is 14.1. The van der Waals surface area contributed by atoms with Gasteiger partial charge in [0.05, 0.1) is 14.2 Å². The Morgan fingerprint density at radius 3 is 2.72 bits per heavy atom. The second-order valence-electron chi connectivity index (χ2n) is 7.63. The Morgan fingerprint density at radius 1 is 1.22 bits per heavy atom. The van der Waals surface area contributed by atoms with Crippen LogP contribution in [0.4, 0.5) is 9.52 Å². The van der Waals surface area contributed by atoms with Gasteiger partial charge in [-0.3, -0.25) is 4.79 Å². The van der Waals surface area contributed by atoms with Gasteiger partial charge >= 0.3 is 0 Å². The van der Waals surface area contributed by atoms with Gasteiger partial charge in [-0.1, -0.05) is 0 Å². The molecule has 3 aromatic rings. The lowest BCUT2D eigenvalue weighted by Crippen LogP contribution is -2.47. The fourth-order valence-electron chi connectivity index (χ4n) is 3.90. The number of carbonyl (C=O) groups excluding carboxylic acids is 1. The lowest BCUT2D eigenvalue weighted by Gasteiger charge is -2.37. The normalized spacial score (nSPS) is 17.4. The number of fused-ring (bicyclic) bond motifs is 1. The van der Waals surface area contributed by atoms with Crippen LogP contribution in [0.25, 0.3) is 0 Å². The van der Waals surface area contributed by atoms with E-state index in [1.807, 2.05) is 24.4 Å². The maximum atomic E-state index is 14.1. The van der Waals surface area contributed by atoms with E-state index in [0.29, 0.717) is 22.4 Å². The number of nitrogens with zero attached hydrogens (tertiary/aromatic N) is 1. The van der Waals surface area contributed by atoms with Crippen LogP contribution in [-0.4, -0.2) is 31.7 Å². The average Bonchev–Trinajstić information content (AvgIpc) is 3.26. The summed E-state index contributed by atoms with van der Waals surface area (Å²) in [5.74, 6) is 0.763. The van der Waals surface area contributed by atoms with Crippen LogP contribution in [0.2, 0.25) is 0 Å². The number of aromatic nitrogens is 1. The van der Waals surface area contributed by atoms with Crippen LogP contribution in [0.1, 0.15) is 24.5 Å². The third-order valence-corrected chi connectivity index (χ3v) is 6.13. The van der Waals surface area contributed by atoms with Crippen LogP contribution >= 0.6 is 11.3 Å². The quantitative estimate of drug-likeness (QED) is 0.544. The molecule has 1 aromatic heterocycles. The van der Waals surface area contributed by atoms with Crippen LogP contribution in [0.3, 0.4) is 0 Å². The van der Waals surface area contributed by atoms with Crippen molar-refractivity contribution in [2.24, 2.45) is 0 Å². The van der Waals surface area contributed by atoms with Gasteiger partial charge in [0.15, 0.2) is 28.2 Å². The van der Waals surface area contributed by atoms with Crippen LogP contribution in [0.5, 0.6) is 23.0 Å². The molecular weight excluding hydrogens is 433 g/mol. The number of anilines is 1. The standard InChI is InChI=1S/C23H24FN3O4S/c1-23(13-21(28)27-22-25-8-9-32-22)16-12-20(19(30-3)10-14(16)6-7-26-23)31-15-4-5-18(29-2)17(24)11-15/h4-5,8-12,26H,6-7,13H2,1-3H3,(H,25,27,28)/t23-/m1/s1. The molecule has 2 aromatic carbocycles. The minimum atomic E-state index is -0.621. The summed E-state index contributed by atoms with van der Waals surface area (Å²) in [5.41, 5.74) is 1.38. The van der Waals surface area contributed by atoms with Gasteiger partial charge < -0.3 is 24.8 Å². The van der Waals surface area contributed by atoms with E-state index >= 15 is 0 Å². The van der Waals surface area contributed by atoms with Gasteiger partial charge in [-0.2, -0.15) is 0 Å². The molecule has 2 N–H and O–H groups in total. The van der Waals surface area contributed by atoms with E-state index in [-0.39, 0.29) is 18.1 Å². The molecule has 0 saturated carbocycles. The maximum Gasteiger partial charge on any atom is 0.228 e. The number of carbonyl (C=O) groups is 1. The molecular formula is C23H24FN3O4S. The second-order valence-corrected chi connectivity index (χ2v) is 8.52. The summed E-state index contributed by atoms with van der Waals surface area (Å²) in [4.78, 5) is 16.8. The van der Waals surface area contributed by atoms with Crippen molar-refractivity contribution in [1.29, 1.82) is 0 Å². The number of ether oxygens (including phenoxy) is 3. The van der Waals surface area contributed by atoms with Crippen molar-refractivity contribution in [3.05, 3.63) is 58.9 Å². The SMILES string of the molecule is COc1ccc(Oc2cc3c(cc2OC)CCN[C@]3(C)CC(=O)Nc2nccs2)cc1F. The molecule has 0 bridgehead atoms. The zero-order valence-corrected chi connectivity index (χ0v) is 18.8. The summed E-state index contributed by atoms with van der Waals surface area (Å²) in [6.45, 7) is 2.71. The Hall–Kier alpha value is -3.17. The summed E-state index contributed by atoms with van der Waals surface area (Å²) in [5, 5.41) is 8.68. The Bertz CT molecular complexity index is 1120. The lowest BCUT2D eigenvalue weighted by atomic mass is 9.81. The van der Waals surface area contributed by atoms with Crippen LogP contribution in [0, 0.1) is 5.82 Å². The van der Waals surface area contributed by atoms with Crippen molar-refractivity contribution in [3.63, 3.8) is 0 Å². The van der Waals surface area contributed by atoms with Gasteiger partial charge in [0, 0.05) is 36.1 Å². The summed E-state index contributed by atoms with van der Waals surface area (Å²) in [7, 11) is 2.97. The molecule has 7 nitrogen and oxygen atoms in total. The highest BCUT2D eigenvalue weighted by Crippen LogP contribution is 2.41. The van der Waals surface area contributed by atoms with Gasteiger partial charge in [-0.15, -0.1) is 11.3 Å². The Kier molecular flexibility index (Phi) is 6.29. The molecule has 1 aliphatic rings. The van der Waals surface area contributed by atoms with Crippen molar-refractivity contribution < 1.29 is 23.4 Å². The lowest BCUT2D eigenvalue weighted by molar-refractivity contribution is -0.117. The number of hydrogen-bond donors (Lipinski definition) is 2. The number of benzene rings is 2. The molecule has 1 amide bonds. The summed E-state index contributed by atoms with van der Waals surface area (Å²) in [6, 6.07) is 8.17. The number of halogens is 1. The van der Waals surface area contributed by atoms with Crippen LogP contribution < -0.4 is 24.8 Å². The molecule has 1 atom stereocenters. The minimum Gasteiger partial charge on any atom is -0.494 e. The molecule has 168 valence electrons. The molecule has 9 heteroatoms. The van der Waals surface area contributed by atoms with E-state index < -0.39 is 11.4 Å². The highest BCUT2D eigenvalue weighted by molar-refractivity contribution is 7.13.